The van der Waals surface area contributed by atoms with Crippen LogP contribution in [-0.2, 0) is 14.3 Å². The van der Waals surface area contributed by atoms with Crippen LogP contribution < -0.4 is 22.5 Å². The van der Waals surface area contributed by atoms with Crippen molar-refractivity contribution in [1.82, 2.24) is 0 Å². The molecule has 0 bridgehead atoms. The fourth-order valence-electron chi connectivity index (χ4n) is 4.03. The summed E-state index contributed by atoms with van der Waals surface area (Å²) >= 11 is 1.52. The average Bonchev–Trinajstić information content (AvgIpc) is 2.84. The van der Waals surface area contributed by atoms with E-state index in [1.54, 1.807) is 0 Å². The van der Waals surface area contributed by atoms with E-state index in [0.717, 1.165) is 25.0 Å². The number of thioether (sulfide) groups is 1. The van der Waals surface area contributed by atoms with Crippen molar-refractivity contribution in [2.24, 2.45) is 22.4 Å². The first-order valence-corrected chi connectivity index (χ1v) is 13.6. The maximum atomic E-state index is 12.7. The zero-order valence-electron chi connectivity index (χ0n) is 20.7. The molecule has 2 rings (SSSR count). The lowest BCUT2D eigenvalue weighted by molar-refractivity contribution is -0.141. The molecule has 1 aliphatic rings. The number of nitrogens with one attached hydrogen (secondary N) is 1. The summed E-state index contributed by atoms with van der Waals surface area (Å²) in [6.45, 7) is 1.01. The molecule has 36 heavy (non-hydrogen) atoms. The Hall–Kier alpha value is -2.79. The van der Waals surface area contributed by atoms with Gasteiger partial charge in [-0.25, -0.2) is 0 Å². The Morgan fingerprint density at radius 3 is 2.61 bits per heavy atom. The summed E-state index contributed by atoms with van der Waals surface area (Å²) in [4.78, 5) is 40.5. The van der Waals surface area contributed by atoms with Gasteiger partial charge in [-0.05, 0) is 56.1 Å². The first-order chi connectivity index (χ1) is 17.3. The molecule has 1 aromatic rings. The van der Waals surface area contributed by atoms with Gasteiger partial charge in [0, 0.05) is 25.1 Å². The summed E-state index contributed by atoms with van der Waals surface area (Å²) in [6.07, 6.45) is 7.90. The third-order valence-corrected chi connectivity index (χ3v) is 7.05. The molecule has 0 heterocycles. The molecule has 8 N–H and O–H groups in total. The number of hydrogen-bond acceptors (Lipinski definition) is 7. The van der Waals surface area contributed by atoms with Crippen molar-refractivity contribution in [2.75, 3.05) is 35.7 Å². The number of carbonyl (C=O) groups excluding carboxylic acids is 2. The summed E-state index contributed by atoms with van der Waals surface area (Å²) in [7, 11) is 0. The summed E-state index contributed by atoms with van der Waals surface area (Å²) in [5.74, 6) is -1.46. The van der Waals surface area contributed by atoms with E-state index in [1.807, 2.05) is 0 Å². The van der Waals surface area contributed by atoms with E-state index in [4.69, 9.17) is 21.9 Å². The van der Waals surface area contributed by atoms with E-state index < -0.39 is 11.9 Å². The highest BCUT2D eigenvalue weighted by Crippen LogP contribution is 2.24. The molecule has 11 heteroatoms. The molecule has 1 fully saturated rings. The minimum absolute atomic E-state index is 0.0588. The average molecular weight is 522 g/mol. The van der Waals surface area contributed by atoms with Crippen molar-refractivity contribution in [3.05, 3.63) is 23.8 Å². The third-order valence-electron chi connectivity index (χ3n) is 6.01. The normalized spacial score (nSPS) is 14.7. The minimum atomic E-state index is -1.06. The van der Waals surface area contributed by atoms with Crippen molar-refractivity contribution in [2.45, 2.75) is 63.9 Å². The lowest BCUT2D eigenvalue weighted by atomic mass is 9.94. The van der Waals surface area contributed by atoms with Gasteiger partial charge in [0.05, 0.1) is 29.1 Å². The smallest absolute Gasteiger partial charge is 0.306 e. The van der Waals surface area contributed by atoms with Crippen LogP contribution >= 0.6 is 11.8 Å². The lowest BCUT2D eigenvalue weighted by Crippen LogP contribution is -2.23. The molecule has 10 nitrogen and oxygen atoms in total. The molecule has 0 aliphatic heterocycles. The molecular formula is C25H39N5O5S. The van der Waals surface area contributed by atoms with Gasteiger partial charge in [0.2, 0.25) is 5.91 Å². The molecule has 0 radical (unpaired) electrons. The number of guanidine groups is 1. The van der Waals surface area contributed by atoms with Gasteiger partial charge in [0.25, 0.3) is 0 Å². The van der Waals surface area contributed by atoms with Gasteiger partial charge in [-0.15, -0.1) is 0 Å². The van der Waals surface area contributed by atoms with Crippen LogP contribution in [0.1, 0.15) is 68.1 Å². The van der Waals surface area contributed by atoms with Crippen LogP contribution in [0.5, 0.6) is 0 Å². The number of Topliss-reactive ketones (excluding diaryl/α,β-unsaturated/α-hetero) is 1. The number of nitrogen functional groups attached to an aromatic ring is 1. The van der Waals surface area contributed by atoms with Crippen molar-refractivity contribution in [3.8, 4) is 0 Å². The van der Waals surface area contributed by atoms with Gasteiger partial charge in [0.15, 0.2) is 11.7 Å². The minimum Gasteiger partial charge on any atom is -0.481 e. The number of nitrogens with two attached hydrogens (primary N) is 3. The van der Waals surface area contributed by atoms with Crippen LogP contribution in [0.15, 0.2) is 23.2 Å². The molecule has 1 unspecified atom stereocenters. The van der Waals surface area contributed by atoms with Crippen LogP contribution in [0.2, 0.25) is 0 Å². The van der Waals surface area contributed by atoms with Crippen molar-refractivity contribution >= 4 is 46.8 Å². The second-order valence-electron chi connectivity index (χ2n) is 9.00. The topological polar surface area (TPSA) is 183 Å². The summed E-state index contributed by atoms with van der Waals surface area (Å²) in [5, 5.41) is 12.2. The zero-order valence-corrected chi connectivity index (χ0v) is 21.6. The Morgan fingerprint density at radius 1 is 1.17 bits per heavy atom. The SMILES string of the molecule is NC(N)=NCCCC(CC(=O)c1ccc(N)c(NC(=O)CSCCCOC2CCCCC2)c1)C(=O)O. The number of nitrogens with zero attached hydrogens (tertiary/aromatic N) is 1. The number of aliphatic carboxylic acids is 1. The molecule has 1 amide bonds. The highest BCUT2D eigenvalue weighted by molar-refractivity contribution is 7.99. The monoisotopic (exact) mass is 521 g/mol. The van der Waals surface area contributed by atoms with Crippen LogP contribution in [-0.4, -0.2) is 59.5 Å². The van der Waals surface area contributed by atoms with Gasteiger partial charge in [-0.2, -0.15) is 11.8 Å². The van der Waals surface area contributed by atoms with Crippen molar-refractivity contribution in [1.29, 1.82) is 0 Å². The number of carboxylic acids is 1. The highest BCUT2D eigenvalue weighted by atomic mass is 32.2. The molecule has 0 aromatic heterocycles. The van der Waals surface area contributed by atoms with Crippen LogP contribution in [0, 0.1) is 5.92 Å². The zero-order chi connectivity index (χ0) is 26.3. The van der Waals surface area contributed by atoms with Crippen LogP contribution in [0.3, 0.4) is 0 Å². The molecule has 0 spiro atoms. The maximum Gasteiger partial charge on any atom is 0.306 e. The number of carboxylic acid groups (broad SMARTS) is 1. The maximum absolute atomic E-state index is 12.7. The Labute approximate surface area is 216 Å². The van der Waals surface area contributed by atoms with E-state index in [2.05, 4.69) is 10.3 Å². The second-order valence-corrected chi connectivity index (χ2v) is 10.1. The number of aliphatic imine (C=N–C) groups is 1. The van der Waals surface area contributed by atoms with Gasteiger partial charge in [0.1, 0.15) is 0 Å². The predicted octanol–water partition coefficient (Wildman–Crippen LogP) is 3.01. The number of benzene rings is 1. The lowest BCUT2D eigenvalue weighted by Gasteiger charge is -2.21. The molecule has 1 saturated carbocycles. The standard InChI is InChI=1S/C25H39N5O5S/c26-20-10-9-17(22(31)15-18(24(33)34)6-4-11-29-25(27)28)14-21(20)30-23(32)16-36-13-5-12-35-19-7-2-1-3-8-19/h9-10,14,18-19H,1-8,11-13,15-16,26H2,(H,30,32)(H,33,34)(H4,27,28,29). The van der Waals surface area contributed by atoms with Gasteiger partial charge in [-0.1, -0.05) is 19.3 Å². The summed E-state index contributed by atoms with van der Waals surface area (Å²) in [6, 6.07) is 4.57. The number of ketones is 1. The summed E-state index contributed by atoms with van der Waals surface area (Å²) < 4.78 is 5.90. The quantitative estimate of drug-likeness (QED) is 0.0717. The van der Waals surface area contributed by atoms with Crippen molar-refractivity contribution < 1.29 is 24.2 Å². The van der Waals surface area contributed by atoms with E-state index in [0.29, 0.717) is 42.6 Å². The largest absolute Gasteiger partial charge is 0.481 e. The predicted molar refractivity (Wildman–Crippen MR) is 144 cm³/mol. The van der Waals surface area contributed by atoms with Gasteiger partial charge < -0.3 is 32.4 Å². The Bertz CT molecular complexity index is 901. The molecule has 1 aromatic carbocycles. The van der Waals surface area contributed by atoms with E-state index >= 15 is 0 Å². The van der Waals surface area contributed by atoms with Crippen LogP contribution in [0.4, 0.5) is 11.4 Å². The van der Waals surface area contributed by atoms with Crippen molar-refractivity contribution in [3.63, 3.8) is 0 Å². The van der Waals surface area contributed by atoms with Gasteiger partial charge in [-0.3, -0.25) is 19.4 Å². The van der Waals surface area contributed by atoms with E-state index in [1.165, 1.54) is 49.2 Å². The first kappa shape index (κ1) is 29.4. The number of carbonyl (C=O) groups is 3. The number of rotatable bonds is 16. The van der Waals surface area contributed by atoms with Crippen LogP contribution in [0.25, 0.3) is 0 Å². The fourth-order valence-corrected chi connectivity index (χ4v) is 4.76. The number of amides is 1. The third kappa shape index (κ3) is 11.3. The summed E-state index contributed by atoms with van der Waals surface area (Å²) in [5.41, 5.74) is 17.5. The molecule has 200 valence electrons. The molecule has 0 saturated heterocycles. The van der Waals surface area contributed by atoms with E-state index in [-0.39, 0.29) is 36.2 Å². The van der Waals surface area contributed by atoms with E-state index in [9.17, 15) is 19.5 Å². The number of hydrogen-bond donors (Lipinski definition) is 5. The molecule has 1 atom stereocenters. The second kappa shape index (κ2) is 16.1. The van der Waals surface area contributed by atoms with Gasteiger partial charge >= 0.3 is 5.97 Å². The Kier molecular flexibility index (Phi) is 13.1. The molecule has 1 aliphatic carbocycles. The fraction of sp³-hybridized carbons (Fsp3) is 0.600. The Balaban J connectivity index is 1.77. The highest BCUT2D eigenvalue weighted by Gasteiger charge is 2.22. The number of ether oxygens (including phenoxy) is 1. The molecular weight excluding hydrogens is 482 g/mol. The Morgan fingerprint density at radius 2 is 1.92 bits per heavy atom. The first-order valence-electron chi connectivity index (χ1n) is 12.5. The number of anilines is 2.